The van der Waals surface area contributed by atoms with E-state index in [4.69, 9.17) is 14.2 Å². The molecule has 4 unspecified atom stereocenters. The standard InChI is InChI=1S/C11H22O4/c1-4-13-7-8(3)15-10-6-9(12)11(10)14-5-2/h8-12H,4-7H2,1-3H3. The molecular weight excluding hydrogens is 196 g/mol. The molecule has 15 heavy (non-hydrogen) atoms. The van der Waals surface area contributed by atoms with Crippen LogP contribution in [0, 0.1) is 0 Å². The Labute approximate surface area is 91.5 Å². The summed E-state index contributed by atoms with van der Waals surface area (Å²) in [6, 6.07) is 0. The number of rotatable bonds is 7. The van der Waals surface area contributed by atoms with E-state index in [0.29, 0.717) is 26.2 Å². The van der Waals surface area contributed by atoms with E-state index in [1.165, 1.54) is 0 Å². The van der Waals surface area contributed by atoms with Crippen molar-refractivity contribution < 1.29 is 19.3 Å². The maximum atomic E-state index is 9.46. The number of aliphatic hydroxyl groups excluding tert-OH is 1. The van der Waals surface area contributed by atoms with E-state index in [1.54, 1.807) is 0 Å². The molecule has 0 aromatic carbocycles. The van der Waals surface area contributed by atoms with Crippen molar-refractivity contribution in [3.63, 3.8) is 0 Å². The highest BCUT2D eigenvalue weighted by Gasteiger charge is 2.42. The zero-order valence-corrected chi connectivity index (χ0v) is 9.81. The topological polar surface area (TPSA) is 47.9 Å². The third-order valence-electron chi connectivity index (χ3n) is 2.54. The molecule has 1 aliphatic carbocycles. The van der Waals surface area contributed by atoms with Crippen LogP contribution in [0.4, 0.5) is 0 Å². The molecule has 4 atom stereocenters. The van der Waals surface area contributed by atoms with Crippen LogP contribution < -0.4 is 0 Å². The minimum absolute atomic E-state index is 0.0235. The van der Waals surface area contributed by atoms with Gasteiger partial charge in [-0.3, -0.25) is 0 Å². The molecule has 1 aliphatic rings. The van der Waals surface area contributed by atoms with Crippen molar-refractivity contribution in [2.75, 3.05) is 19.8 Å². The minimum atomic E-state index is -0.366. The predicted molar refractivity (Wildman–Crippen MR) is 56.9 cm³/mol. The first-order valence-corrected chi connectivity index (χ1v) is 5.71. The van der Waals surface area contributed by atoms with Crippen LogP contribution in [0.3, 0.4) is 0 Å². The molecule has 1 fully saturated rings. The molecule has 4 nitrogen and oxygen atoms in total. The third kappa shape index (κ3) is 3.72. The largest absolute Gasteiger partial charge is 0.390 e. The monoisotopic (exact) mass is 218 g/mol. The second-order valence-corrected chi connectivity index (χ2v) is 3.87. The lowest BCUT2D eigenvalue weighted by atomic mass is 9.88. The summed E-state index contributed by atoms with van der Waals surface area (Å²) in [5, 5.41) is 9.46. The average molecular weight is 218 g/mol. The summed E-state index contributed by atoms with van der Waals surface area (Å²) in [7, 11) is 0. The minimum Gasteiger partial charge on any atom is -0.390 e. The van der Waals surface area contributed by atoms with Gasteiger partial charge in [0, 0.05) is 19.6 Å². The number of hydrogen-bond donors (Lipinski definition) is 1. The van der Waals surface area contributed by atoms with Gasteiger partial charge in [0.1, 0.15) is 6.10 Å². The molecular formula is C11H22O4. The molecule has 0 bridgehead atoms. The first kappa shape index (κ1) is 12.9. The molecule has 0 radical (unpaired) electrons. The van der Waals surface area contributed by atoms with E-state index in [1.807, 2.05) is 20.8 Å². The second-order valence-electron chi connectivity index (χ2n) is 3.87. The Hall–Kier alpha value is -0.160. The fourth-order valence-electron chi connectivity index (χ4n) is 1.72. The summed E-state index contributed by atoms with van der Waals surface area (Å²) < 4.78 is 16.4. The summed E-state index contributed by atoms with van der Waals surface area (Å²) in [5.41, 5.74) is 0. The van der Waals surface area contributed by atoms with E-state index in [2.05, 4.69) is 0 Å². The molecule has 0 spiro atoms. The second kappa shape index (κ2) is 6.43. The van der Waals surface area contributed by atoms with Crippen molar-refractivity contribution in [1.29, 1.82) is 0 Å². The molecule has 0 amide bonds. The van der Waals surface area contributed by atoms with Gasteiger partial charge in [0.2, 0.25) is 0 Å². The Morgan fingerprint density at radius 1 is 1.33 bits per heavy atom. The van der Waals surface area contributed by atoms with Gasteiger partial charge >= 0.3 is 0 Å². The van der Waals surface area contributed by atoms with Crippen molar-refractivity contribution in [3.05, 3.63) is 0 Å². The van der Waals surface area contributed by atoms with Crippen LogP contribution in [0.1, 0.15) is 27.2 Å². The number of aliphatic hydroxyl groups is 1. The molecule has 90 valence electrons. The first-order chi connectivity index (χ1) is 7.19. The molecule has 0 aromatic heterocycles. The maximum Gasteiger partial charge on any atom is 0.110 e. The summed E-state index contributed by atoms with van der Waals surface area (Å²) in [5.74, 6) is 0. The molecule has 1 rings (SSSR count). The smallest absolute Gasteiger partial charge is 0.110 e. The fourth-order valence-corrected chi connectivity index (χ4v) is 1.72. The predicted octanol–water partition coefficient (Wildman–Crippen LogP) is 0.966. The molecule has 0 saturated heterocycles. The summed E-state index contributed by atoms with van der Waals surface area (Å²) >= 11 is 0. The van der Waals surface area contributed by atoms with Crippen molar-refractivity contribution in [1.82, 2.24) is 0 Å². The molecule has 4 heteroatoms. The lowest BCUT2D eigenvalue weighted by molar-refractivity contribution is -0.208. The van der Waals surface area contributed by atoms with Crippen LogP contribution in [0.15, 0.2) is 0 Å². The Kier molecular flexibility index (Phi) is 5.53. The van der Waals surface area contributed by atoms with Crippen molar-refractivity contribution in [2.24, 2.45) is 0 Å². The van der Waals surface area contributed by atoms with E-state index < -0.39 is 0 Å². The Morgan fingerprint density at radius 3 is 2.60 bits per heavy atom. The lowest BCUT2D eigenvalue weighted by Crippen LogP contribution is -2.54. The van der Waals surface area contributed by atoms with Crippen molar-refractivity contribution in [3.8, 4) is 0 Å². The van der Waals surface area contributed by atoms with Crippen LogP contribution >= 0.6 is 0 Å². The molecule has 1 saturated carbocycles. The summed E-state index contributed by atoms with van der Waals surface area (Å²) in [6.07, 6.45) is 0.232. The van der Waals surface area contributed by atoms with Crippen LogP contribution in [0.25, 0.3) is 0 Å². The molecule has 1 N–H and O–H groups in total. The summed E-state index contributed by atoms with van der Waals surface area (Å²) in [4.78, 5) is 0. The SMILES string of the molecule is CCOCC(C)OC1CC(O)C1OCC. The quantitative estimate of drug-likeness (QED) is 0.691. The van der Waals surface area contributed by atoms with Gasteiger partial charge in [0.15, 0.2) is 0 Å². The lowest BCUT2D eigenvalue weighted by Gasteiger charge is -2.41. The zero-order chi connectivity index (χ0) is 11.3. The van der Waals surface area contributed by atoms with E-state index >= 15 is 0 Å². The number of hydrogen-bond acceptors (Lipinski definition) is 4. The van der Waals surface area contributed by atoms with Gasteiger partial charge in [0.25, 0.3) is 0 Å². The van der Waals surface area contributed by atoms with Crippen molar-refractivity contribution in [2.45, 2.75) is 51.6 Å². The van der Waals surface area contributed by atoms with E-state index in [-0.39, 0.29) is 24.4 Å². The Morgan fingerprint density at radius 2 is 2.07 bits per heavy atom. The van der Waals surface area contributed by atoms with Gasteiger partial charge in [-0.05, 0) is 20.8 Å². The third-order valence-corrected chi connectivity index (χ3v) is 2.54. The Bertz CT molecular complexity index is 174. The van der Waals surface area contributed by atoms with Gasteiger partial charge in [0.05, 0.1) is 24.9 Å². The number of ether oxygens (including phenoxy) is 3. The van der Waals surface area contributed by atoms with Crippen LogP contribution in [0.2, 0.25) is 0 Å². The fraction of sp³-hybridized carbons (Fsp3) is 1.00. The maximum absolute atomic E-state index is 9.46. The highest BCUT2D eigenvalue weighted by atomic mass is 16.6. The van der Waals surface area contributed by atoms with Gasteiger partial charge in [-0.2, -0.15) is 0 Å². The van der Waals surface area contributed by atoms with Crippen LogP contribution in [0.5, 0.6) is 0 Å². The van der Waals surface area contributed by atoms with Gasteiger partial charge in [-0.25, -0.2) is 0 Å². The van der Waals surface area contributed by atoms with E-state index in [0.717, 1.165) is 0 Å². The normalized spacial score (nSPS) is 32.4. The zero-order valence-electron chi connectivity index (χ0n) is 9.81. The highest BCUT2D eigenvalue weighted by Crippen LogP contribution is 2.28. The highest BCUT2D eigenvalue weighted by molar-refractivity contribution is 4.92. The van der Waals surface area contributed by atoms with Gasteiger partial charge in [-0.15, -0.1) is 0 Å². The van der Waals surface area contributed by atoms with Gasteiger partial charge in [-0.1, -0.05) is 0 Å². The van der Waals surface area contributed by atoms with E-state index in [9.17, 15) is 5.11 Å². The van der Waals surface area contributed by atoms with Gasteiger partial charge < -0.3 is 19.3 Å². The van der Waals surface area contributed by atoms with Crippen LogP contribution in [-0.2, 0) is 14.2 Å². The summed E-state index contributed by atoms with van der Waals surface area (Å²) in [6.45, 7) is 7.77. The Balaban J connectivity index is 2.20. The average Bonchev–Trinajstić information content (AvgIpc) is 2.22. The van der Waals surface area contributed by atoms with Crippen LogP contribution in [-0.4, -0.2) is 49.3 Å². The molecule has 0 heterocycles. The molecule has 0 aromatic rings. The van der Waals surface area contributed by atoms with Crippen molar-refractivity contribution >= 4 is 0 Å². The molecule has 0 aliphatic heterocycles. The first-order valence-electron chi connectivity index (χ1n) is 5.71.